The van der Waals surface area contributed by atoms with Crippen LogP contribution in [-0.4, -0.2) is 29.3 Å². The first kappa shape index (κ1) is 19.1. The Bertz CT molecular complexity index is 936. The summed E-state index contributed by atoms with van der Waals surface area (Å²) in [6.45, 7) is 1.05. The number of anilines is 1. The van der Waals surface area contributed by atoms with Gasteiger partial charge in [-0.25, -0.2) is 9.18 Å². The van der Waals surface area contributed by atoms with Gasteiger partial charge in [0.2, 0.25) is 5.91 Å². The Morgan fingerprint density at radius 1 is 1.19 bits per heavy atom. The first-order valence-corrected chi connectivity index (χ1v) is 8.61. The maximum absolute atomic E-state index is 13.2. The molecule has 0 bridgehead atoms. The van der Waals surface area contributed by atoms with Gasteiger partial charge < -0.3 is 10.6 Å². The van der Waals surface area contributed by atoms with Gasteiger partial charge in [-0.2, -0.15) is 0 Å². The Labute approximate surface area is 164 Å². The molecule has 3 rings (SSSR count). The molecule has 1 aliphatic rings. The Morgan fingerprint density at radius 2 is 1.85 bits per heavy atom. The van der Waals surface area contributed by atoms with Crippen LogP contribution in [-0.2, 0) is 15.1 Å². The minimum absolute atomic E-state index is 0.155. The molecule has 27 heavy (non-hydrogen) atoms. The lowest BCUT2D eigenvalue weighted by atomic mass is 9.92. The van der Waals surface area contributed by atoms with Crippen molar-refractivity contribution in [2.45, 2.75) is 12.5 Å². The molecule has 0 spiro atoms. The zero-order valence-corrected chi connectivity index (χ0v) is 15.6. The number of halogens is 3. The van der Waals surface area contributed by atoms with Gasteiger partial charge in [0.05, 0.1) is 5.02 Å². The zero-order chi connectivity index (χ0) is 19.8. The molecular weight excluding hydrogens is 396 g/mol. The topological polar surface area (TPSA) is 78.5 Å². The Balaban J connectivity index is 1.74. The lowest BCUT2D eigenvalue weighted by molar-refractivity contribution is -0.133. The van der Waals surface area contributed by atoms with Crippen molar-refractivity contribution in [1.82, 2.24) is 10.2 Å². The van der Waals surface area contributed by atoms with Crippen LogP contribution in [0.4, 0.5) is 14.9 Å². The molecule has 1 heterocycles. The summed E-state index contributed by atoms with van der Waals surface area (Å²) >= 11 is 11.5. The normalized spacial score (nSPS) is 19.2. The van der Waals surface area contributed by atoms with Gasteiger partial charge in [0.25, 0.3) is 5.91 Å². The van der Waals surface area contributed by atoms with Gasteiger partial charge in [-0.1, -0.05) is 35.3 Å². The number of imide groups is 1. The number of benzene rings is 2. The van der Waals surface area contributed by atoms with E-state index in [-0.39, 0.29) is 10.7 Å². The highest BCUT2D eigenvalue weighted by Gasteiger charge is 2.49. The molecular formula is C18H14Cl2FN3O3. The standard InChI is InChI=1S/C18H14Cl2FN3O3/c1-18(10-2-4-11(19)5-3-10)16(26)24(17(27)23-18)9-15(25)22-12-6-7-14(21)13(20)8-12/h2-8H,9H2,1H3,(H,22,25)(H,23,27)/t18-/m1/s1. The molecule has 0 aromatic heterocycles. The highest BCUT2D eigenvalue weighted by molar-refractivity contribution is 6.31. The molecule has 1 atom stereocenters. The molecule has 0 unspecified atom stereocenters. The molecule has 140 valence electrons. The number of carbonyl (C=O) groups is 3. The SMILES string of the molecule is C[C@]1(c2ccc(Cl)cc2)NC(=O)N(CC(=O)Nc2ccc(F)c(Cl)c2)C1=O. The van der Waals surface area contributed by atoms with E-state index in [1.165, 1.54) is 12.1 Å². The number of rotatable bonds is 4. The van der Waals surface area contributed by atoms with Gasteiger partial charge in [0.15, 0.2) is 0 Å². The molecule has 4 amide bonds. The predicted octanol–water partition coefficient (Wildman–Crippen LogP) is 3.54. The van der Waals surface area contributed by atoms with Crippen LogP contribution < -0.4 is 10.6 Å². The van der Waals surface area contributed by atoms with Crippen LogP contribution in [0.2, 0.25) is 10.0 Å². The van der Waals surface area contributed by atoms with Gasteiger partial charge >= 0.3 is 6.03 Å². The van der Waals surface area contributed by atoms with Crippen LogP contribution in [0.3, 0.4) is 0 Å². The second-order valence-electron chi connectivity index (χ2n) is 6.13. The number of amides is 4. The van der Waals surface area contributed by atoms with Crippen LogP contribution in [0.25, 0.3) is 0 Å². The second kappa shape index (κ2) is 7.17. The minimum atomic E-state index is -1.30. The highest BCUT2D eigenvalue weighted by Crippen LogP contribution is 2.29. The van der Waals surface area contributed by atoms with Gasteiger partial charge in [-0.05, 0) is 42.8 Å². The summed E-state index contributed by atoms with van der Waals surface area (Å²) in [5.74, 6) is -1.81. The van der Waals surface area contributed by atoms with E-state index < -0.39 is 35.7 Å². The number of carbonyl (C=O) groups excluding carboxylic acids is 3. The van der Waals surface area contributed by atoms with Crippen molar-refractivity contribution in [2.75, 3.05) is 11.9 Å². The molecule has 1 saturated heterocycles. The van der Waals surface area contributed by atoms with Crippen LogP contribution in [0, 0.1) is 5.82 Å². The van der Waals surface area contributed by atoms with Gasteiger partial charge in [0.1, 0.15) is 17.9 Å². The van der Waals surface area contributed by atoms with Crippen molar-refractivity contribution in [3.05, 3.63) is 63.9 Å². The van der Waals surface area contributed by atoms with Crippen LogP contribution in [0.5, 0.6) is 0 Å². The third-order valence-electron chi connectivity index (χ3n) is 4.20. The monoisotopic (exact) mass is 409 g/mol. The van der Waals surface area contributed by atoms with Crippen LogP contribution in [0.1, 0.15) is 12.5 Å². The summed E-state index contributed by atoms with van der Waals surface area (Å²) in [5, 5.41) is 5.41. The Kier molecular flexibility index (Phi) is 5.08. The largest absolute Gasteiger partial charge is 0.325 e. The van der Waals surface area contributed by atoms with E-state index in [2.05, 4.69) is 10.6 Å². The number of nitrogens with zero attached hydrogens (tertiary/aromatic N) is 1. The van der Waals surface area contributed by atoms with Gasteiger partial charge in [0, 0.05) is 10.7 Å². The third-order valence-corrected chi connectivity index (χ3v) is 4.74. The summed E-state index contributed by atoms with van der Waals surface area (Å²) in [4.78, 5) is 38.0. The van der Waals surface area contributed by atoms with Gasteiger partial charge in [-0.3, -0.25) is 14.5 Å². The molecule has 2 aromatic rings. The summed E-state index contributed by atoms with van der Waals surface area (Å²) in [6, 6.07) is 9.44. The van der Waals surface area contributed by atoms with E-state index >= 15 is 0 Å². The maximum atomic E-state index is 13.2. The molecule has 9 heteroatoms. The summed E-state index contributed by atoms with van der Waals surface area (Å²) in [7, 11) is 0. The van der Waals surface area contributed by atoms with Crippen molar-refractivity contribution in [3.63, 3.8) is 0 Å². The molecule has 0 saturated carbocycles. The third kappa shape index (κ3) is 3.74. The average Bonchev–Trinajstić information content (AvgIpc) is 2.83. The van der Waals surface area contributed by atoms with Crippen molar-refractivity contribution in [3.8, 4) is 0 Å². The quantitative estimate of drug-likeness (QED) is 0.757. The smallest absolute Gasteiger partial charge is 0.324 e. The summed E-state index contributed by atoms with van der Waals surface area (Å²) in [6.07, 6.45) is 0. The lowest BCUT2D eigenvalue weighted by Crippen LogP contribution is -2.42. The Morgan fingerprint density at radius 3 is 2.48 bits per heavy atom. The molecule has 1 fully saturated rings. The molecule has 1 aliphatic heterocycles. The van der Waals surface area contributed by atoms with E-state index in [1.54, 1.807) is 31.2 Å². The van der Waals surface area contributed by atoms with E-state index in [9.17, 15) is 18.8 Å². The molecule has 6 nitrogen and oxygen atoms in total. The number of hydrogen-bond donors (Lipinski definition) is 2. The van der Waals surface area contributed by atoms with E-state index in [0.717, 1.165) is 11.0 Å². The minimum Gasteiger partial charge on any atom is -0.324 e. The zero-order valence-electron chi connectivity index (χ0n) is 14.1. The van der Waals surface area contributed by atoms with Crippen molar-refractivity contribution < 1.29 is 18.8 Å². The average molecular weight is 410 g/mol. The van der Waals surface area contributed by atoms with Crippen molar-refractivity contribution >= 4 is 46.7 Å². The van der Waals surface area contributed by atoms with E-state index in [0.29, 0.717) is 10.6 Å². The van der Waals surface area contributed by atoms with Crippen molar-refractivity contribution in [1.29, 1.82) is 0 Å². The summed E-state index contributed by atoms with van der Waals surface area (Å²) < 4.78 is 13.2. The first-order valence-electron chi connectivity index (χ1n) is 7.86. The lowest BCUT2D eigenvalue weighted by Gasteiger charge is -2.22. The van der Waals surface area contributed by atoms with Gasteiger partial charge in [-0.15, -0.1) is 0 Å². The van der Waals surface area contributed by atoms with Crippen LogP contribution in [0.15, 0.2) is 42.5 Å². The highest BCUT2D eigenvalue weighted by atomic mass is 35.5. The van der Waals surface area contributed by atoms with E-state index in [1.807, 2.05) is 0 Å². The molecule has 2 N–H and O–H groups in total. The Hall–Kier alpha value is -2.64. The molecule has 0 aliphatic carbocycles. The van der Waals surface area contributed by atoms with Crippen LogP contribution >= 0.6 is 23.2 Å². The number of nitrogens with one attached hydrogen (secondary N) is 2. The second-order valence-corrected chi connectivity index (χ2v) is 6.97. The summed E-state index contributed by atoms with van der Waals surface area (Å²) in [5.41, 5.74) is -0.515. The fraction of sp³-hybridized carbons (Fsp3) is 0.167. The number of urea groups is 1. The fourth-order valence-electron chi connectivity index (χ4n) is 2.74. The first-order chi connectivity index (χ1) is 12.7. The predicted molar refractivity (Wildman–Crippen MR) is 99.1 cm³/mol. The van der Waals surface area contributed by atoms with Crippen molar-refractivity contribution in [2.24, 2.45) is 0 Å². The molecule has 0 radical (unpaired) electrons. The fourth-order valence-corrected chi connectivity index (χ4v) is 3.04. The van der Waals surface area contributed by atoms with E-state index in [4.69, 9.17) is 23.2 Å². The maximum Gasteiger partial charge on any atom is 0.325 e. The molecule has 2 aromatic carbocycles. The number of hydrogen-bond acceptors (Lipinski definition) is 3.